The van der Waals surface area contributed by atoms with Crippen LogP contribution in [0, 0.1) is 5.82 Å². The maximum atomic E-state index is 13.0. The van der Waals surface area contributed by atoms with Gasteiger partial charge in [-0.25, -0.2) is 17.5 Å². The quantitative estimate of drug-likeness (QED) is 0.851. The summed E-state index contributed by atoms with van der Waals surface area (Å²) in [4.78, 5) is -0.133. The van der Waals surface area contributed by atoms with Gasteiger partial charge < -0.3 is 9.52 Å². The van der Waals surface area contributed by atoms with Crippen molar-refractivity contribution in [2.45, 2.75) is 17.4 Å². The first-order valence-corrected chi connectivity index (χ1v) is 7.91. The molecule has 0 saturated heterocycles. The molecule has 8 heteroatoms. The van der Waals surface area contributed by atoms with Crippen molar-refractivity contribution in [3.8, 4) is 0 Å². The fourth-order valence-electron chi connectivity index (χ4n) is 1.69. The Kier molecular flexibility index (Phi) is 5.00. The zero-order chi connectivity index (χ0) is 15.5. The van der Waals surface area contributed by atoms with E-state index in [2.05, 4.69) is 4.72 Å². The molecule has 0 radical (unpaired) electrons. The topological polar surface area (TPSA) is 79.5 Å². The second-order valence-electron chi connectivity index (χ2n) is 4.33. The van der Waals surface area contributed by atoms with Crippen LogP contribution in [0.1, 0.15) is 18.1 Å². The molecule has 1 aromatic heterocycles. The summed E-state index contributed by atoms with van der Waals surface area (Å²) >= 11 is 5.55. The number of sulfonamides is 1. The van der Waals surface area contributed by atoms with Crippen molar-refractivity contribution in [2.24, 2.45) is 0 Å². The second kappa shape index (κ2) is 6.57. The number of hydrogen-bond donors (Lipinski definition) is 2. The van der Waals surface area contributed by atoms with Crippen molar-refractivity contribution in [3.05, 3.63) is 53.2 Å². The zero-order valence-corrected chi connectivity index (χ0v) is 12.4. The third-order valence-corrected chi connectivity index (χ3v) is 4.59. The van der Waals surface area contributed by atoms with Crippen molar-refractivity contribution < 1.29 is 22.3 Å². The number of hydrogen-bond acceptors (Lipinski definition) is 4. The summed E-state index contributed by atoms with van der Waals surface area (Å²) in [7, 11) is -3.80. The maximum absolute atomic E-state index is 13.0. The van der Waals surface area contributed by atoms with Gasteiger partial charge in [0.05, 0.1) is 28.5 Å². The highest BCUT2D eigenvalue weighted by atomic mass is 35.5. The molecule has 114 valence electrons. The van der Waals surface area contributed by atoms with Gasteiger partial charge in [-0.05, 0) is 30.7 Å². The first-order chi connectivity index (χ1) is 9.90. The number of rotatable bonds is 6. The Morgan fingerprint density at radius 1 is 1.38 bits per heavy atom. The van der Waals surface area contributed by atoms with Crippen LogP contribution in [0.3, 0.4) is 0 Å². The summed E-state index contributed by atoms with van der Waals surface area (Å²) in [6.07, 6.45) is 2.15. The minimum Gasteiger partial charge on any atom is -0.472 e. The van der Waals surface area contributed by atoms with Crippen molar-refractivity contribution >= 4 is 21.6 Å². The van der Waals surface area contributed by atoms with Crippen LogP contribution in [0.15, 0.2) is 46.1 Å². The van der Waals surface area contributed by atoms with Gasteiger partial charge in [0.25, 0.3) is 0 Å². The normalized spacial score (nSPS) is 13.3. The minimum atomic E-state index is -3.80. The molecular formula is C13H13ClFNO4S. The van der Waals surface area contributed by atoms with Gasteiger partial charge in [-0.2, -0.15) is 0 Å². The largest absolute Gasteiger partial charge is 0.472 e. The molecule has 0 bridgehead atoms. The Morgan fingerprint density at radius 3 is 2.76 bits per heavy atom. The lowest BCUT2D eigenvalue weighted by molar-refractivity contribution is 0.168. The van der Waals surface area contributed by atoms with Crippen molar-refractivity contribution in [2.75, 3.05) is 6.54 Å². The third kappa shape index (κ3) is 4.04. The molecule has 0 fully saturated rings. The summed E-state index contributed by atoms with van der Waals surface area (Å²) in [5.41, 5.74) is 0.569. The van der Waals surface area contributed by atoms with Crippen LogP contribution < -0.4 is 4.72 Å². The third-order valence-electron chi connectivity index (χ3n) is 2.84. The summed E-state index contributed by atoms with van der Waals surface area (Å²) in [6, 6.07) is 4.73. The van der Waals surface area contributed by atoms with Gasteiger partial charge in [-0.15, -0.1) is 0 Å². The van der Waals surface area contributed by atoms with E-state index in [1.807, 2.05) is 0 Å². The molecule has 0 aliphatic carbocycles. The summed E-state index contributed by atoms with van der Waals surface area (Å²) in [5, 5.41) is 9.52. The molecule has 2 N–H and O–H groups in total. The minimum absolute atomic E-state index is 0.0175. The van der Waals surface area contributed by atoms with E-state index < -0.39 is 21.9 Å². The van der Waals surface area contributed by atoms with Crippen molar-refractivity contribution in [1.29, 1.82) is 0 Å². The van der Waals surface area contributed by atoms with Crippen LogP contribution in [-0.2, 0) is 10.0 Å². The van der Waals surface area contributed by atoms with Crippen molar-refractivity contribution in [3.63, 3.8) is 0 Å². The molecule has 21 heavy (non-hydrogen) atoms. The molecule has 0 saturated carbocycles. The first-order valence-electron chi connectivity index (χ1n) is 6.05. The van der Waals surface area contributed by atoms with Crippen LogP contribution in [0.2, 0.25) is 5.02 Å². The molecule has 1 unspecified atom stereocenters. The molecule has 0 aliphatic heterocycles. The summed E-state index contributed by atoms with van der Waals surface area (Å²) in [6.45, 7) is 0.0175. The highest BCUT2D eigenvalue weighted by Crippen LogP contribution is 2.20. The second-order valence-corrected chi connectivity index (χ2v) is 6.51. The molecule has 1 atom stereocenters. The number of aliphatic hydroxyl groups excluding tert-OH is 1. The predicted molar refractivity (Wildman–Crippen MR) is 74.9 cm³/mol. The van der Waals surface area contributed by atoms with Crippen LogP contribution in [0.25, 0.3) is 0 Å². The standard InChI is InChI=1S/C13H13ClFNO4S/c14-11-7-10(1-2-12(11)15)21(18,19)16-5-3-13(17)9-4-6-20-8-9/h1-2,4,6-8,13,16-17H,3,5H2. The highest BCUT2D eigenvalue weighted by molar-refractivity contribution is 7.89. The van der Waals surface area contributed by atoms with Gasteiger partial charge in [-0.3, -0.25) is 0 Å². The number of benzene rings is 1. The lowest BCUT2D eigenvalue weighted by Crippen LogP contribution is -2.26. The number of nitrogens with one attached hydrogen (secondary N) is 1. The van der Waals surface area contributed by atoms with E-state index >= 15 is 0 Å². The Balaban J connectivity index is 1.96. The SMILES string of the molecule is O=S(=O)(NCCC(O)c1ccoc1)c1ccc(F)c(Cl)c1. The van der Waals surface area contributed by atoms with E-state index in [1.165, 1.54) is 12.5 Å². The Morgan fingerprint density at radius 2 is 2.14 bits per heavy atom. The van der Waals surface area contributed by atoms with Gasteiger partial charge in [0.15, 0.2) is 0 Å². The van der Waals surface area contributed by atoms with Crippen LogP contribution in [0.5, 0.6) is 0 Å². The molecule has 1 heterocycles. The lowest BCUT2D eigenvalue weighted by atomic mass is 10.1. The Hall–Kier alpha value is -1.41. The molecule has 0 aliphatic rings. The summed E-state index contributed by atoms with van der Waals surface area (Å²) in [5.74, 6) is -0.689. The molecule has 1 aromatic carbocycles. The Labute approximate surface area is 126 Å². The van der Waals surface area contributed by atoms with E-state index in [0.717, 1.165) is 18.2 Å². The molecule has 2 rings (SSSR count). The average Bonchev–Trinajstić information content (AvgIpc) is 2.95. The molecule has 0 amide bonds. The molecular weight excluding hydrogens is 321 g/mol. The fraction of sp³-hybridized carbons (Fsp3) is 0.231. The van der Waals surface area contributed by atoms with E-state index in [9.17, 15) is 17.9 Å². The van der Waals surface area contributed by atoms with E-state index in [1.54, 1.807) is 6.07 Å². The number of aliphatic hydroxyl groups is 1. The van der Waals surface area contributed by atoms with Crippen LogP contribution in [0.4, 0.5) is 4.39 Å². The van der Waals surface area contributed by atoms with E-state index in [-0.39, 0.29) is 22.9 Å². The number of halogens is 2. The monoisotopic (exact) mass is 333 g/mol. The highest BCUT2D eigenvalue weighted by Gasteiger charge is 2.16. The Bertz CT molecular complexity index is 703. The zero-order valence-electron chi connectivity index (χ0n) is 10.8. The van der Waals surface area contributed by atoms with Crippen molar-refractivity contribution in [1.82, 2.24) is 4.72 Å². The average molecular weight is 334 g/mol. The fourth-order valence-corrected chi connectivity index (χ4v) is 3.01. The van der Waals surface area contributed by atoms with Gasteiger partial charge in [-0.1, -0.05) is 11.6 Å². The van der Waals surface area contributed by atoms with Crippen LogP contribution >= 0.6 is 11.6 Å². The van der Waals surface area contributed by atoms with E-state index in [4.69, 9.17) is 16.0 Å². The first kappa shape index (κ1) is 16.0. The summed E-state index contributed by atoms with van der Waals surface area (Å²) < 4.78 is 44.1. The maximum Gasteiger partial charge on any atom is 0.240 e. The lowest BCUT2D eigenvalue weighted by Gasteiger charge is -2.10. The predicted octanol–water partition coefficient (Wildman–Crippen LogP) is 2.47. The van der Waals surface area contributed by atoms with Gasteiger partial charge in [0.2, 0.25) is 10.0 Å². The van der Waals surface area contributed by atoms with E-state index in [0.29, 0.717) is 5.56 Å². The molecule has 5 nitrogen and oxygen atoms in total. The van der Waals surface area contributed by atoms with Crippen LogP contribution in [-0.4, -0.2) is 20.1 Å². The van der Waals surface area contributed by atoms with Gasteiger partial charge in [0.1, 0.15) is 5.82 Å². The number of furan rings is 1. The van der Waals surface area contributed by atoms with Gasteiger partial charge >= 0.3 is 0 Å². The molecule has 2 aromatic rings. The molecule has 0 spiro atoms. The smallest absolute Gasteiger partial charge is 0.240 e. The van der Waals surface area contributed by atoms with Gasteiger partial charge in [0, 0.05) is 12.1 Å².